The fraction of sp³-hybridized carbons (Fsp3) is 0.290. The minimum absolute atomic E-state index is 0.0851. The van der Waals surface area contributed by atoms with Gasteiger partial charge in [0.25, 0.3) is 0 Å². The maximum atomic E-state index is 11.5. The molecule has 1 aliphatic heterocycles. The van der Waals surface area contributed by atoms with Crippen LogP contribution < -0.4 is 4.74 Å². The molecular formula is C31H32N2O4. The van der Waals surface area contributed by atoms with Crippen LogP contribution in [0.5, 0.6) is 5.75 Å². The Hall–Kier alpha value is -3.90. The average molecular weight is 497 g/mol. The van der Waals surface area contributed by atoms with Gasteiger partial charge in [-0.1, -0.05) is 60.7 Å². The Morgan fingerprint density at radius 3 is 2.41 bits per heavy atom. The summed E-state index contributed by atoms with van der Waals surface area (Å²) in [5.74, 6) is 1.76. The summed E-state index contributed by atoms with van der Waals surface area (Å²) in [6.45, 7) is 4.90. The highest BCUT2D eigenvalue weighted by Gasteiger charge is 2.35. The molecular weight excluding hydrogens is 464 g/mol. The van der Waals surface area contributed by atoms with Crippen molar-refractivity contribution in [2.24, 2.45) is 5.92 Å². The second kappa shape index (κ2) is 11.4. The Labute approximate surface area is 217 Å². The van der Waals surface area contributed by atoms with Gasteiger partial charge in [-0.25, -0.2) is 4.98 Å². The monoisotopic (exact) mass is 496 g/mol. The van der Waals surface area contributed by atoms with Gasteiger partial charge in [-0.3, -0.25) is 9.69 Å². The molecule has 0 aliphatic carbocycles. The number of carbonyl (C=O) groups is 1. The fourth-order valence-corrected chi connectivity index (χ4v) is 5.18. The molecule has 190 valence electrons. The lowest BCUT2D eigenvalue weighted by molar-refractivity contribution is -0.138. The molecule has 1 aromatic heterocycles. The van der Waals surface area contributed by atoms with Crippen molar-refractivity contribution in [3.05, 3.63) is 108 Å². The van der Waals surface area contributed by atoms with Crippen LogP contribution in [0, 0.1) is 12.8 Å². The number of carboxylic acid groups (broad SMARTS) is 1. The van der Waals surface area contributed by atoms with Crippen molar-refractivity contribution in [2.75, 3.05) is 19.7 Å². The Balaban J connectivity index is 1.19. The lowest BCUT2D eigenvalue weighted by atomic mass is 9.87. The molecule has 1 aliphatic rings. The van der Waals surface area contributed by atoms with Crippen LogP contribution in [-0.4, -0.2) is 40.7 Å². The summed E-state index contributed by atoms with van der Waals surface area (Å²) in [5, 5.41) is 9.49. The molecule has 2 atom stereocenters. The zero-order valence-corrected chi connectivity index (χ0v) is 21.0. The fourth-order valence-electron chi connectivity index (χ4n) is 5.18. The molecule has 0 amide bonds. The molecule has 37 heavy (non-hydrogen) atoms. The van der Waals surface area contributed by atoms with E-state index in [1.54, 1.807) is 0 Å². The van der Waals surface area contributed by atoms with Gasteiger partial charge in [0, 0.05) is 44.0 Å². The van der Waals surface area contributed by atoms with Gasteiger partial charge in [0.1, 0.15) is 11.5 Å². The zero-order valence-electron chi connectivity index (χ0n) is 21.0. The lowest BCUT2D eigenvalue weighted by Crippen LogP contribution is -2.20. The van der Waals surface area contributed by atoms with E-state index in [-0.39, 0.29) is 18.3 Å². The quantitative estimate of drug-likeness (QED) is 0.292. The zero-order chi connectivity index (χ0) is 25.6. The molecule has 0 unspecified atom stereocenters. The summed E-state index contributed by atoms with van der Waals surface area (Å²) >= 11 is 0. The van der Waals surface area contributed by atoms with Crippen LogP contribution in [-0.2, 0) is 17.8 Å². The smallest absolute Gasteiger partial charge is 0.303 e. The molecule has 3 aromatic carbocycles. The maximum absolute atomic E-state index is 11.5. The minimum atomic E-state index is -0.741. The van der Waals surface area contributed by atoms with Crippen LogP contribution >= 0.6 is 0 Å². The number of nitrogens with zero attached hydrogens (tertiary/aromatic N) is 2. The highest BCUT2D eigenvalue weighted by Crippen LogP contribution is 2.36. The standard InChI is InChI=1S/C31H32N2O4/c1-22-29(32-31(37-22)25-10-6-3-7-11-25)16-17-36-27-14-12-24(13-15-27)28-21-33(20-26(28)18-30(34)35)19-23-8-4-2-5-9-23/h2-15,26,28H,16-21H2,1H3,(H,34,35)/t26-,28-/m0/s1. The number of aromatic nitrogens is 1. The molecule has 4 aromatic rings. The number of benzene rings is 3. The summed E-state index contributed by atoms with van der Waals surface area (Å²) in [4.78, 5) is 18.6. The molecule has 6 heteroatoms. The second-order valence-electron chi connectivity index (χ2n) is 9.70. The van der Waals surface area contributed by atoms with Crippen molar-refractivity contribution in [1.29, 1.82) is 0 Å². The number of ether oxygens (including phenoxy) is 1. The Bertz CT molecular complexity index is 1300. The first kappa shape index (κ1) is 24.8. The van der Waals surface area contributed by atoms with E-state index >= 15 is 0 Å². The van der Waals surface area contributed by atoms with Crippen LogP contribution in [0.25, 0.3) is 11.5 Å². The SMILES string of the molecule is Cc1oc(-c2ccccc2)nc1CCOc1ccc([C@@H]2CN(Cc3ccccc3)C[C@@H]2CC(=O)O)cc1. The number of carboxylic acids is 1. The summed E-state index contributed by atoms with van der Waals surface area (Å²) in [5.41, 5.74) is 4.27. The van der Waals surface area contributed by atoms with Crippen molar-refractivity contribution in [3.8, 4) is 17.2 Å². The highest BCUT2D eigenvalue weighted by molar-refractivity contribution is 5.67. The molecule has 0 saturated carbocycles. The third-order valence-electron chi connectivity index (χ3n) is 7.03. The Morgan fingerprint density at radius 1 is 1.00 bits per heavy atom. The van der Waals surface area contributed by atoms with Gasteiger partial charge in [0.15, 0.2) is 0 Å². The number of rotatable bonds is 10. The summed E-state index contributed by atoms with van der Waals surface area (Å²) in [6.07, 6.45) is 0.831. The maximum Gasteiger partial charge on any atom is 0.303 e. The van der Waals surface area contributed by atoms with Crippen LogP contribution in [0.15, 0.2) is 89.3 Å². The van der Waals surface area contributed by atoms with Gasteiger partial charge in [0.2, 0.25) is 5.89 Å². The molecule has 0 radical (unpaired) electrons. The van der Waals surface area contributed by atoms with Gasteiger partial charge < -0.3 is 14.3 Å². The van der Waals surface area contributed by atoms with Crippen molar-refractivity contribution < 1.29 is 19.1 Å². The molecule has 6 nitrogen and oxygen atoms in total. The van der Waals surface area contributed by atoms with Gasteiger partial charge in [-0.15, -0.1) is 0 Å². The van der Waals surface area contributed by atoms with Crippen molar-refractivity contribution in [1.82, 2.24) is 9.88 Å². The van der Waals surface area contributed by atoms with Crippen molar-refractivity contribution in [3.63, 3.8) is 0 Å². The molecule has 2 heterocycles. The third kappa shape index (κ3) is 6.27. The Kier molecular flexibility index (Phi) is 7.66. The normalized spacial score (nSPS) is 17.6. The number of hydrogen-bond acceptors (Lipinski definition) is 5. The molecule has 1 saturated heterocycles. The predicted octanol–water partition coefficient (Wildman–Crippen LogP) is 5.96. The van der Waals surface area contributed by atoms with E-state index in [0.717, 1.165) is 48.0 Å². The second-order valence-corrected chi connectivity index (χ2v) is 9.70. The lowest BCUT2D eigenvalue weighted by Gasteiger charge is -2.18. The van der Waals surface area contributed by atoms with E-state index in [9.17, 15) is 9.90 Å². The van der Waals surface area contributed by atoms with Crippen LogP contribution in [0.3, 0.4) is 0 Å². The van der Waals surface area contributed by atoms with E-state index in [2.05, 4.69) is 34.1 Å². The van der Waals surface area contributed by atoms with E-state index in [0.29, 0.717) is 18.9 Å². The predicted molar refractivity (Wildman–Crippen MR) is 143 cm³/mol. The number of oxazole rings is 1. The first-order valence-electron chi connectivity index (χ1n) is 12.8. The first-order valence-corrected chi connectivity index (χ1v) is 12.8. The van der Waals surface area contributed by atoms with Crippen molar-refractivity contribution in [2.45, 2.75) is 32.2 Å². The third-order valence-corrected chi connectivity index (χ3v) is 7.03. The van der Waals surface area contributed by atoms with Crippen LogP contribution in [0.4, 0.5) is 0 Å². The number of aryl methyl sites for hydroxylation is 1. The molecule has 0 bridgehead atoms. The first-order chi connectivity index (χ1) is 18.0. The van der Waals surface area contributed by atoms with Gasteiger partial charge in [-0.05, 0) is 48.2 Å². The molecule has 1 N–H and O–H groups in total. The summed E-state index contributed by atoms with van der Waals surface area (Å²) in [7, 11) is 0. The average Bonchev–Trinajstić information content (AvgIpc) is 3.48. The molecule has 0 spiro atoms. The number of hydrogen-bond donors (Lipinski definition) is 1. The van der Waals surface area contributed by atoms with E-state index in [4.69, 9.17) is 9.15 Å². The largest absolute Gasteiger partial charge is 0.493 e. The van der Waals surface area contributed by atoms with Gasteiger partial charge in [0.05, 0.1) is 12.3 Å². The minimum Gasteiger partial charge on any atom is -0.493 e. The summed E-state index contributed by atoms with van der Waals surface area (Å²) < 4.78 is 11.9. The van der Waals surface area contributed by atoms with Crippen LogP contribution in [0.1, 0.15) is 34.9 Å². The molecule has 5 rings (SSSR count). The van der Waals surface area contributed by atoms with Gasteiger partial charge in [-0.2, -0.15) is 0 Å². The topological polar surface area (TPSA) is 75.8 Å². The van der Waals surface area contributed by atoms with E-state index in [1.807, 2.05) is 67.6 Å². The number of likely N-dealkylation sites (tertiary alicyclic amines) is 1. The van der Waals surface area contributed by atoms with Crippen molar-refractivity contribution >= 4 is 5.97 Å². The van der Waals surface area contributed by atoms with Crippen LogP contribution in [0.2, 0.25) is 0 Å². The number of aliphatic carboxylic acids is 1. The highest BCUT2D eigenvalue weighted by atomic mass is 16.5. The Morgan fingerprint density at radius 2 is 1.70 bits per heavy atom. The van der Waals surface area contributed by atoms with Gasteiger partial charge >= 0.3 is 5.97 Å². The molecule has 1 fully saturated rings. The summed E-state index contributed by atoms with van der Waals surface area (Å²) in [6, 6.07) is 28.4. The van der Waals surface area contributed by atoms with E-state index in [1.165, 1.54) is 5.56 Å². The van der Waals surface area contributed by atoms with E-state index < -0.39 is 5.97 Å².